The Kier molecular flexibility index (Phi) is 12.5. The van der Waals surface area contributed by atoms with Crippen molar-refractivity contribution in [2.24, 2.45) is 5.92 Å². The van der Waals surface area contributed by atoms with E-state index in [0.717, 1.165) is 29.5 Å². The van der Waals surface area contributed by atoms with Crippen molar-refractivity contribution in [3.05, 3.63) is 64.4 Å². The summed E-state index contributed by atoms with van der Waals surface area (Å²) >= 11 is 13.5. The number of aliphatic hydroxyl groups is 1. The van der Waals surface area contributed by atoms with E-state index in [9.17, 15) is 14.7 Å². The van der Waals surface area contributed by atoms with Gasteiger partial charge in [-0.15, -0.1) is 0 Å². The molecule has 2 heterocycles. The summed E-state index contributed by atoms with van der Waals surface area (Å²) in [4.78, 5) is 36.2. The van der Waals surface area contributed by atoms with E-state index in [1.54, 1.807) is 37.6 Å². The van der Waals surface area contributed by atoms with Gasteiger partial charge in [-0.05, 0) is 60.6 Å². The minimum absolute atomic E-state index is 0.0836. The second-order valence-electron chi connectivity index (χ2n) is 10.4. The third kappa shape index (κ3) is 9.21. The van der Waals surface area contributed by atoms with Gasteiger partial charge in [-0.1, -0.05) is 47.1 Å². The number of hydrogen-bond donors (Lipinski definition) is 2. The standard InChI is InChI=1S/C31H36Cl2N4O6S/c1-41-26-7-5-21(13-27(26)42-2)22-15-35-31(36-16-22)44-18-28(38)34-9-8-23-11-20(10-19-4-6-24(32)25(33)12-19)17-37(23)29(39)14-30(40)43-3/h4-7,12-13,15-16,20,23,30,40H,8-11,14,17-18H2,1-3H3,(H,34,38)/t20?,23-,30?/m1/s1. The number of likely N-dealkylation sites (tertiary alicyclic amines) is 1. The Morgan fingerprint density at radius 3 is 2.48 bits per heavy atom. The van der Waals surface area contributed by atoms with Gasteiger partial charge >= 0.3 is 0 Å². The largest absolute Gasteiger partial charge is 0.493 e. The van der Waals surface area contributed by atoms with E-state index in [-0.39, 0.29) is 35.9 Å². The number of halogens is 2. The van der Waals surface area contributed by atoms with Gasteiger partial charge in [-0.2, -0.15) is 0 Å². The van der Waals surface area contributed by atoms with Crippen LogP contribution in [0, 0.1) is 5.92 Å². The van der Waals surface area contributed by atoms with Gasteiger partial charge in [-0.3, -0.25) is 9.59 Å². The van der Waals surface area contributed by atoms with Gasteiger partial charge in [0.05, 0.1) is 36.4 Å². The fraction of sp³-hybridized carbons (Fsp3) is 0.419. The Balaban J connectivity index is 1.28. The molecule has 0 saturated carbocycles. The molecule has 0 radical (unpaired) electrons. The normalized spacial score (nSPS) is 16.9. The van der Waals surface area contributed by atoms with Crippen molar-refractivity contribution in [3.8, 4) is 22.6 Å². The van der Waals surface area contributed by atoms with E-state index >= 15 is 0 Å². The smallest absolute Gasteiger partial charge is 0.230 e. The van der Waals surface area contributed by atoms with Gasteiger partial charge in [0.1, 0.15) is 0 Å². The number of carbonyl (C=O) groups excluding carboxylic acids is 2. The van der Waals surface area contributed by atoms with Crippen LogP contribution in [0.2, 0.25) is 10.0 Å². The molecule has 1 saturated heterocycles. The number of benzene rings is 2. The van der Waals surface area contributed by atoms with E-state index in [0.29, 0.717) is 46.2 Å². The molecule has 3 atom stereocenters. The molecule has 0 spiro atoms. The lowest BCUT2D eigenvalue weighted by atomic mass is 9.96. The summed E-state index contributed by atoms with van der Waals surface area (Å²) < 4.78 is 15.5. The Hall–Kier alpha value is -3.09. The third-order valence-electron chi connectivity index (χ3n) is 7.43. The number of ether oxygens (including phenoxy) is 3. The van der Waals surface area contributed by atoms with Crippen molar-refractivity contribution in [1.82, 2.24) is 20.2 Å². The Bertz CT molecular complexity index is 1430. The maximum Gasteiger partial charge on any atom is 0.230 e. The molecule has 2 aromatic carbocycles. The topological polar surface area (TPSA) is 123 Å². The van der Waals surface area contributed by atoms with E-state index in [1.165, 1.54) is 18.9 Å². The van der Waals surface area contributed by atoms with Crippen LogP contribution in [-0.2, 0) is 20.7 Å². The molecule has 1 aromatic heterocycles. The number of rotatable bonds is 14. The second-order valence-corrected chi connectivity index (χ2v) is 12.2. The first-order chi connectivity index (χ1) is 21.2. The first kappa shape index (κ1) is 33.8. The number of aromatic nitrogens is 2. The van der Waals surface area contributed by atoms with E-state index < -0.39 is 6.29 Å². The first-order valence-electron chi connectivity index (χ1n) is 14.1. The Morgan fingerprint density at radius 1 is 1.05 bits per heavy atom. The minimum Gasteiger partial charge on any atom is -0.493 e. The molecule has 1 aliphatic heterocycles. The molecule has 10 nitrogen and oxygen atoms in total. The van der Waals surface area contributed by atoms with E-state index in [2.05, 4.69) is 15.3 Å². The molecule has 1 fully saturated rings. The zero-order chi connectivity index (χ0) is 31.6. The fourth-order valence-electron chi connectivity index (χ4n) is 5.21. The number of thioether (sulfide) groups is 1. The third-order valence-corrected chi connectivity index (χ3v) is 9.04. The average Bonchev–Trinajstić information content (AvgIpc) is 3.43. The summed E-state index contributed by atoms with van der Waals surface area (Å²) in [6.45, 7) is 0.944. The number of hydrogen-bond acceptors (Lipinski definition) is 9. The van der Waals surface area contributed by atoms with Crippen LogP contribution >= 0.6 is 35.0 Å². The summed E-state index contributed by atoms with van der Waals surface area (Å²) in [6.07, 6.45) is 4.20. The molecule has 2 unspecified atom stereocenters. The Morgan fingerprint density at radius 2 is 1.80 bits per heavy atom. The number of nitrogens with zero attached hydrogens (tertiary/aromatic N) is 3. The van der Waals surface area contributed by atoms with Crippen molar-refractivity contribution >= 4 is 46.8 Å². The highest BCUT2D eigenvalue weighted by molar-refractivity contribution is 7.99. The van der Waals surface area contributed by atoms with Gasteiger partial charge in [0.25, 0.3) is 0 Å². The van der Waals surface area contributed by atoms with Gasteiger partial charge in [-0.25, -0.2) is 9.97 Å². The van der Waals surface area contributed by atoms with Crippen molar-refractivity contribution in [2.75, 3.05) is 40.2 Å². The molecule has 0 bridgehead atoms. The first-order valence-corrected chi connectivity index (χ1v) is 15.8. The molecule has 2 amide bonds. The maximum absolute atomic E-state index is 13.0. The van der Waals surface area contributed by atoms with E-state index in [1.807, 2.05) is 30.3 Å². The summed E-state index contributed by atoms with van der Waals surface area (Å²) in [6, 6.07) is 11.0. The summed E-state index contributed by atoms with van der Waals surface area (Å²) in [5, 5.41) is 14.3. The van der Waals surface area contributed by atoms with Gasteiger partial charge in [0.2, 0.25) is 11.8 Å². The summed E-state index contributed by atoms with van der Waals surface area (Å²) in [5.74, 6) is 1.27. The van der Waals surface area contributed by atoms with Crippen molar-refractivity contribution in [2.45, 2.75) is 43.2 Å². The highest BCUT2D eigenvalue weighted by atomic mass is 35.5. The average molecular weight is 664 g/mol. The van der Waals surface area contributed by atoms with Crippen LogP contribution in [-0.4, -0.2) is 84.3 Å². The van der Waals surface area contributed by atoms with Gasteiger partial charge in [0.15, 0.2) is 22.9 Å². The van der Waals surface area contributed by atoms with Crippen LogP contribution in [0.3, 0.4) is 0 Å². The number of nitrogens with one attached hydrogen (secondary N) is 1. The quantitative estimate of drug-likeness (QED) is 0.141. The number of aliphatic hydroxyl groups excluding tert-OH is 1. The predicted molar refractivity (Wildman–Crippen MR) is 170 cm³/mol. The Labute approximate surface area is 271 Å². The number of amides is 2. The monoisotopic (exact) mass is 662 g/mol. The molecule has 4 rings (SSSR count). The molecule has 0 aliphatic carbocycles. The predicted octanol–water partition coefficient (Wildman–Crippen LogP) is 4.88. The van der Waals surface area contributed by atoms with Gasteiger partial charge < -0.3 is 29.5 Å². The minimum atomic E-state index is -1.16. The molecule has 1 aliphatic rings. The van der Waals surface area contributed by atoms with Crippen LogP contribution in [0.1, 0.15) is 24.8 Å². The zero-order valence-corrected chi connectivity index (χ0v) is 27.1. The van der Waals surface area contributed by atoms with Crippen LogP contribution < -0.4 is 14.8 Å². The zero-order valence-electron chi connectivity index (χ0n) is 24.8. The van der Waals surface area contributed by atoms with Crippen LogP contribution in [0.25, 0.3) is 11.1 Å². The summed E-state index contributed by atoms with van der Waals surface area (Å²) in [5.41, 5.74) is 2.73. The highest BCUT2D eigenvalue weighted by Crippen LogP contribution is 2.33. The van der Waals surface area contributed by atoms with Gasteiger partial charge in [0, 0.05) is 44.2 Å². The number of methoxy groups -OCH3 is 3. The molecular formula is C31H36Cl2N4O6S. The maximum atomic E-state index is 13.0. The SMILES string of the molecule is COc1ccc(-c2cnc(SCC(=O)NCC[C@@H]3CC(Cc4ccc(Cl)c(Cl)c4)CN3C(=O)CC(O)OC)nc2)cc1OC. The van der Waals surface area contributed by atoms with Crippen LogP contribution in [0.15, 0.2) is 53.9 Å². The molecule has 44 heavy (non-hydrogen) atoms. The van der Waals surface area contributed by atoms with Crippen LogP contribution in [0.5, 0.6) is 11.5 Å². The van der Waals surface area contributed by atoms with Crippen molar-refractivity contribution in [3.63, 3.8) is 0 Å². The molecule has 3 aromatic rings. The highest BCUT2D eigenvalue weighted by Gasteiger charge is 2.35. The molecular weight excluding hydrogens is 627 g/mol. The molecule has 236 valence electrons. The second kappa shape index (κ2) is 16.3. The van der Waals surface area contributed by atoms with Crippen LogP contribution in [0.4, 0.5) is 0 Å². The lowest BCUT2D eigenvalue weighted by Gasteiger charge is -2.25. The summed E-state index contributed by atoms with van der Waals surface area (Å²) in [7, 11) is 4.52. The molecule has 2 N–H and O–H groups in total. The van der Waals surface area contributed by atoms with Crippen molar-refractivity contribution < 1.29 is 28.9 Å². The van der Waals surface area contributed by atoms with Crippen molar-refractivity contribution in [1.29, 1.82) is 0 Å². The lowest BCUT2D eigenvalue weighted by Crippen LogP contribution is -2.40. The molecule has 13 heteroatoms. The number of carbonyl (C=O) groups is 2. The lowest BCUT2D eigenvalue weighted by molar-refractivity contribution is -0.144. The fourth-order valence-corrected chi connectivity index (χ4v) is 6.14. The van der Waals surface area contributed by atoms with E-state index in [4.69, 9.17) is 37.4 Å².